The molecule has 0 saturated carbocycles. The van der Waals surface area contributed by atoms with Crippen molar-refractivity contribution in [3.63, 3.8) is 0 Å². The molecule has 0 bridgehead atoms. The Hall–Kier alpha value is -1.89. The first-order valence-electron chi connectivity index (χ1n) is 8.04. The van der Waals surface area contributed by atoms with Gasteiger partial charge in [-0.2, -0.15) is 0 Å². The highest BCUT2D eigenvalue weighted by Crippen LogP contribution is 2.12. The van der Waals surface area contributed by atoms with Gasteiger partial charge in [-0.15, -0.1) is 0 Å². The molecule has 0 atom stereocenters. The van der Waals surface area contributed by atoms with Gasteiger partial charge in [0.05, 0.1) is 6.33 Å². The highest BCUT2D eigenvalue weighted by Gasteiger charge is 2.26. The number of nitrogens with two attached hydrogens (primary N) is 1. The van der Waals surface area contributed by atoms with Gasteiger partial charge in [0, 0.05) is 31.3 Å². The number of imide groups is 1. The van der Waals surface area contributed by atoms with Crippen LogP contribution >= 0.6 is 0 Å². The van der Waals surface area contributed by atoms with Gasteiger partial charge in [-0.1, -0.05) is 6.42 Å². The standard InChI is InChI=1S/C16H28N4O3/c1-16(2,3)23-15(22)20(10-8-13-11-18-12-19-13)14(21)7-5-4-6-9-17/h11-12H,4-10,17H2,1-3H3,(H,18,19). The Labute approximate surface area is 137 Å². The van der Waals surface area contributed by atoms with E-state index in [4.69, 9.17) is 10.5 Å². The van der Waals surface area contributed by atoms with E-state index in [1.165, 1.54) is 4.90 Å². The lowest BCUT2D eigenvalue weighted by atomic mass is 10.1. The summed E-state index contributed by atoms with van der Waals surface area (Å²) in [4.78, 5) is 32.7. The third-order valence-electron chi connectivity index (χ3n) is 3.17. The van der Waals surface area contributed by atoms with Crippen molar-refractivity contribution >= 4 is 12.0 Å². The first-order valence-corrected chi connectivity index (χ1v) is 8.04. The van der Waals surface area contributed by atoms with Gasteiger partial charge in [0.1, 0.15) is 5.60 Å². The van der Waals surface area contributed by atoms with Crippen LogP contribution < -0.4 is 5.73 Å². The van der Waals surface area contributed by atoms with Crippen molar-refractivity contribution in [2.75, 3.05) is 13.1 Å². The molecule has 1 aromatic heterocycles. The Morgan fingerprint density at radius 1 is 1.30 bits per heavy atom. The molecule has 1 rings (SSSR count). The minimum absolute atomic E-state index is 0.212. The highest BCUT2D eigenvalue weighted by atomic mass is 16.6. The molecular weight excluding hydrogens is 296 g/mol. The quantitative estimate of drug-likeness (QED) is 0.714. The van der Waals surface area contributed by atoms with Crippen LogP contribution in [0, 0.1) is 0 Å². The van der Waals surface area contributed by atoms with Crippen molar-refractivity contribution in [1.29, 1.82) is 0 Å². The molecule has 7 heteroatoms. The number of hydrogen-bond donors (Lipinski definition) is 2. The van der Waals surface area contributed by atoms with Crippen LogP contribution in [-0.2, 0) is 16.0 Å². The highest BCUT2D eigenvalue weighted by molar-refractivity contribution is 5.92. The molecule has 0 fully saturated rings. The molecule has 1 heterocycles. The Morgan fingerprint density at radius 2 is 2.04 bits per heavy atom. The van der Waals surface area contributed by atoms with Crippen LogP contribution in [-0.4, -0.2) is 45.6 Å². The number of nitrogens with zero attached hydrogens (tertiary/aromatic N) is 2. The molecule has 2 amide bonds. The molecule has 0 aromatic carbocycles. The van der Waals surface area contributed by atoms with E-state index in [0.717, 1.165) is 25.0 Å². The van der Waals surface area contributed by atoms with Crippen LogP contribution in [0.25, 0.3) is 0 Å². The summed E-state index contributed by atoms with van der Waals surface area (Å²) in [6.07, 6.45) is 5.98. The average Bonchev–Trinajstić information content (AvgIpc) is 2.95. The summed E-state index contributed by atoms with van der Waals surface area (Å²) >= 11 is 0. The van der Waals surface area contributed by atoms with E-state index in [1.54, 1.807) is 33.3 Å². The number of ether oxygens (including phenoxy) is 1. The van der Waals surface area contributed by atoms with E-state index in [9.17, 15) is 9.59 Å². The van der Waals surface area contributed by atoms with Gasteiger partial charge in [0.2, 0.25) is 5.91 Å². The zero-order valence-corrected chi connectivity index (χ0v) is 14.3. The summed E-state index contributed by atoms with van der Waals surface area (Å²) in [7, 11) is 0. The SMILES string of the molecule is CC(C)(C)OC(=O)N(CCc1cnc[nH]1)C(=O)CCCCCN. The number of nitrogens with one attached hydrogen (secondary N) is 1. The fourth-order valence-corrected chi connectivity index (χ4v) is 2.02. The monoisotopic (exact) mass is 324 g/mol. The average molecular weight is 324 g/mol. The molecule has 3 N–H and O–H groups in total. The maximum atomic E-state index is 12.4. The zero-order valence-electron chi connectivity index (χ0n) is 14.3. The van der Waals surface area contributed by atoms with Gasteiger partial charge < -0.3 is 15.5 Å². The lowest BCUT2D eigenvalue weighted by Gasteiger charge is -2.26. The third kappa shape index (κ3) is 7.78. The first kappa shape index (κ1) is 19.2. The van der Waals surface area contributed by atoms with Crippen molar-refractivity contribution in [3.05, 3.63) is 18.2 Å². The van der Waals surface area contributed by atoms with E-state index in [0.29, 0.717) is 19.4 Å². The maximum Gasteiger partial charge on any atom is 0.417 e. The number of amides is 2. The molecule has 0 spiro atoms. The summed E-state index contributed by atoms with van der Waals surface area (Å²) in [5.41, 5.74) is 5.68. The number of carbonyl (C=O) groups is 2. The van der Waals surface area contributed by atoms with Crippen molar-refractivity contribution < 1.29 is 14.3 Å². The summed E-state index contributed by atoms with van der Waals surface area (Å²) in [6, 6.07) is 0. The van der Waals surface area contributed by atoms with Crippen molar-refractivity contribution in [2.24, 2.45) is 5.73 Å². The Balaban J connectivity index is 2.62. The fourth-order valence-electron chi connectivity index (χ4n) is 2.02. The fraction of sp³-hybridized carbons (Fsp3) is 0.688. The van der Waals surface area contributed by atoms with Gasteiger partial charge in [0.15, 0.2) is 0 Å². The second-order valence-electron chi connectivity index (χ2n) is 6.45. The molecule has 7 nitrogen and oxygen atoms in total. The number of unbranched alkanes of at least 4 members (excludes halogenated alkanes) is 2. The predicted molar refractivity (Wildman–Crippen MR) is 87.8 cm³/mol. The van der Waals surface area contributed by atoms with Crippen LogP contribution in [0.5, 0.6) is 0 Å². The van der Waals surface area contributed by atoms with Crippen LogP contribution in [0.3, 0.4) is 0 Å². The summed E-state index contributed by atoms with van der Waals surface area (Å²) < 4.78 is 5.34. The summed E-state index contributed by atoms with van der Waals surface area (Å²) in [5, 5.41) is 0. The summed E-state index contributed by atoms with van der Waals surface area (Å²) in [5.74, 6) is -0.212. The molecule has 130 valence electrons. The molecule has 0 aliphatic heterocycles. The number of carbonyl (C=O) groups excluding carboxylic acids is 2. The molecular formula is C16H28N4O3. The zero-order chi connectivity index (χ0) is 17.3. The number of aromatic nitrogens is 2. The number of hydrogen-bond acceptors (Lipinski definition) is 5. The lowest BCUT2D eigenvalue weighted by Crippen LogP contribution is -2.42. The van der Waals surface area contributed by atoms with Crippen molar-refractivity contribution in [2.45, 2.75) is 58.5 Å². The number of aromatic amines is 1. The van der Waals surface area contributed by atoms with Gasteiger partial charge >= 0.3 is 6.09 Å². The second kappa shape index (κ2) is 9.29. The number of H-pyrrole nitrogens is 1. The first-order chi connectivity index (χ1) is 10.8. The van der Waals surface area contributed by atoms with Crippen LogP contribution in [0.1, 0.15) is 52.1 Å². The Bertz CT molecular complexity index is 480. The Kier molecular flexibility index (Phi) is 7.74. The molecule has 0 aliphatic carbocycles. The molecule has 0 radical (unpaired) electrons. The molecule has 23 heavy (non-hydrogen) atoms. The van der Waals surface area contributed by atoms with Gasteiger partial charge in [0.25, 0.3) is 0 Å². The van der Waals surface area contributed by atoms with E-state index < -0.39 is 11.7 Å². The minimum Gasteiger partial charge on any atom is -0.443 e. The van der Waals surface area contributed by atoms with E-state index in [2.05, 4.69) is 9.97 Å². The number of rotatable bonds is 8. The number of imidazole rings is 1. The van der Waals surface area contributed by atoms with Gasteiger partial charge in [-0.05, 0) is 40.2 Å². The second-order valence-corrected chi connectivity index (χ2v) is 6.45. The summed E-state index contributed by atoms with van der Waals surface area (Å²) in [6.45, 7) is 6.23. The molecule has 0 saturated heterocycles. The lowest BCUT2D eigenvalue weighted by molar-refractivity contribution is -0.130. The molecule has 0 aliphatic rings. The smallest absolute Gasteiger partial charge is 0.417 e. The normalized spacial score (nSPS) is 11.3. The van der Waals surface area contributed by atoms with E-state index in [-0.39, 0.29) is 12.5 Å². The predicted octanol–water partition coefficient (Wildman–Crippen LogP) is 2.23. The molecule has 1 aromatic rings. The van der Waals surface area contributed by atoms with Crippen molar-refractivity contribution in [3.8, 4) is 0 Å². The molecule has 0 unspecified atom stereocenters. The maximum absolute atomic E-state index is 12.4. The van der Waals surface area contributed by atoms with Crippen LogP contribution in [0.15, 0.2) is 12.5 Å². The van der Waals surface area contributed by atoms with E-state index in [1.807, 2.05) is 0 Å². The van der Waals surface area contributed by atoms with Crippen LogP contribution in [0.4, 0.5) is 4.79 Å². The Morgan fingerprint density at radius 3 is 2.61 bits per heavy atom. The minimum atomic E-state index is -0.636. The van der Waals surface area contributed by atoms with Crippen molar-refractivity contribution in [1.82, 2.24) is 14.9 Å². The third-order valence-corrected chi connectivity index (χ3v) is 3.17. The largest absolute Gasteiger partial charge is 0.443 e. The van der Waals surface area contributed by atoms with Gasteiger partial charge in [-0.3, -0.25) is 4.79 Å². The van der Waals surface area contributed by atoms with Gasteiger partial charge in [-0.25, -0.2) is 14.7 Å². The topological polar surface area (TPSA) is 101 Å². The van der Waals surface area contributed by atoms with E-state index >= 15 is 0 Å². The van der Waals surface area contributed by atoms with Crippen LogP contribution in [0.2, 0.25) is 0 Å².